The van der Waals surface area contributed by atoms with Crippen LogP contribution in [0.25, 0.3) is 0 Å². The fourth-order valence-electron chi connectivity index (χ4n) is 1.47. The third-order valence-corrected chi connectivity index (χ3v) is 3.17. The molecule has 1 unspecified atom stereocenters. The quantitative estimate of drug-likeness (QED) is 0.882. The van der Waals surface area contributed by atoms with Gasteiger partial charge in [-0.05, 0) is 24.6 Å². The number of thiazole rings is 1. The van der Waals surface area contributed by atoms with E-state index in [0.717, 1.165) is 17.1 Å². The summed E-state index contributed by atoms with van der Waals surface area (Å²) >= 11 is 1.62. The molecule has 0 aliphatic heterocycles. The van der Waals surface area contributed by atoms with Gasteiger partial charge in [-0.3, -0.25) is 0 Å². The summed E-state index contributed by atoms with van der Waals surface area (Å²) in [6.07, 6.45) is 1.79. The molecule has 1 atom stereocenters. The van der Waals surface area contributed by atoms with E-state index in [1.165, 1.54) is 6.07 Å². The van der Waals surface area contributed by atoms with Crippen molar-refractivity contribution in [3.8, 4) is 0 Å². The number of halogens is 1. The second kappa shape index (κ2) is 5.18. The van der Waals surface area contributed by atoms with Crippen molar-refractivity contribution in [1.29, 1.82) is 0 Å². The topological polar surface area (TPSA) is 24.9 Å². The van der Waals surface area contributed by atoms with Gasteiger partial charge in [0.15, 0.2) is 0 Å². The molecule has 84 valence electrons. The summed E-state index contributed by atoms with van der Waals surface area (Å²) < 4.78 is 13.0. The molecule has 0 aliphatic carbocycles. The fraction of sp³-hybridized carbons (Fsp3) is 0.250. The fourth-order valence-corrected chi connectivity index (χ4v) is 2.04. The maximum absolute atomic E-state index is 13.0. The highest BCUT2D eigenvalue weighted by Crippen LogP contribution is 2.14. The van der Waals surface area contributed by atoms with Gasteiger partial charge in [-0.15, -0.1) is 11.3 Å². The predicted molar refractivity (Wildman–Crippen MR) is 63.8 cm³/mol. The Morgan fingerprint density at radius 1 is 1.50 bits per heavy atom. The van der Waals surface area contributed by atoms with Gasteiger partial charge in [-0.2, -0.15) is 0 Å². The van der Waals surface area contributed by atoms with E-state index in [1.54, 1.807) is 29.7 Å². The Labute approximate surface area is 98.2 Å². The molecule has 0 amide bonds. The van der Waals surface area contributed by atoms with Crippen molar-refractivity contribution in [2.45, 2.75) is 19.5 Å². The van der Waals surface area contributed by atoms with Gasteiger partial charge in [0.05, 0.1) is 0 Å². The van der Waals surface area contributed by atoms with Crippen LogP contribution in [0.2, 0.25) is 0 Å². The molecule has 1 heterocycles. The Morgan fingerprint density at radius 3 is 3.06 bits per heavy atom. The third-order valence-electron chi connectivity index (χ3n) is 2.39. The average Bonchev–Trinajstić information content (AvgIpc) is 2.78. The maximum Gasteiger partial charge on any atom is 0.123 e. The molecule has 1 aromatic heterocycles. The van der Waals surface area contributed by atoms with E-state index in [-0.39, 0.29) is 11.9 Å². The van der Waals surface area contributed by atoms with Crippen LogP contribution in [0, 0.1) is 5.82 Å². The molecule has 4 heteroatoms. The highest BCUT2D eigenvalue weighted by Gasteiger charge is 2.06. The zero-order valence-electron chi connectivity index (χ0n) is 8.98. The Balaban J connectivity index is 1.95. The highest BCUT2D eigenvalue weighted by atomic mass is 32.1. The van der Waals surface area contributed by atoms with Gasteiger partial charge in [-0.25, -0.2) is 9.37 Å². The summed E-state index contributed by atoms with van der Waals surface area (Å²) in [7, 11) is 0. The van der Waals surface area contributed by atoms with Gasteiger partial charge in [0.1, 0.15) is 10.8 Å². The van der Waals surface area contributed by atoms with Crippen molar-refractivity contribution in [3.05, 3.63) is 52.2 Å². The first-order chi connectivity index (χ1) is 7.75. The molecule has 2 rings (SSSR count). The van der Waals surface area contributed by atoms with Crippen molar-refractivity contribution in [2.75, 3.05) is 0 Å². The number of hydrogen-bond donors (Lipinski definition) is 1. The molecule has 0 fully saturated rings. The van der Waals surface area contributed by atoms with E-state index in [0.29, 0.717) is 0 Å². The number of rotatable bonds is 4. The zero-order chi connectivity index (χ0) is 11.4. The van der Waals surface area contributed by atoms with Crippen LogP contribution < -0.4 is 5.32 Å². The van der Waals surface area contributed by atoms with Gasteiger partial charge in [0.2, 0.25) is 0 Å². The molecule has 0 bridgehead atoms. The van der Waals surface area contributed by atoms with Crippen LogP contribution in [0.4, 0.5) is 4.39 Å². The van der Waals surface area contributed by atoms with Crippen molar-refractivity contribution >= 4 is 11.3 Å². The number of nitrogens with one attached hydrogen (secondary N) is 1. The molecule has 0 radical (unpaired) electrons. The van der Waals surface area contributed by atoms with Crippen molar-refractivity contribution in [1.82, 2.24) is 10.3 Å². The number of hydrogen-bond acceptors (Lipinski definition) is 3. The molecule has 2 aromatic rings. The summed E-state index contributed by atoms with van der Waals surface area (Å²) in [4.78, 5) is 4.18. The van der Waals surface area contributed by atoms with E-state index in [9.17, 15) is 4.39 Å². The van der Waals surface area contributed by atoms with E-state index in [1.807, 2.05) is 18.4 Å². The summed E-state index contributed by atoms with van der Waals surface area (Å²) in [6, 6.07) is 6.78. The average molecular weight is 236 g/mol. The predicted octanol–water partition coefficient (Wildman–Crippen LogP) is 3.13. The SMILES string of the molecule is CC(NCc1nccs1)c1cccc(F)c1. The van der Waals surface area contributed by atoms with Gasteiger partial charge in [-0.1, -0.05) is 12.1 Å². The van der Waals surface area contributed by atoms with Crippen LogP contribution in [0.15, 0.2) is 35.8 Å². The summed E-state index contributed by atoms with van der Waals surface area (Å²) in [5, 5.41) is 6.30. The standard InChI is InChI=1S/C12H13FN2S/c1-9(10-3-2-4-11(13)7-10)15-8-12-14-5-6-16-12/h2-7,9,15H,8H2,1H3. The molecular weight excluding hydrogens is 223 g/mol. The van der Waals surface area contributed by atoms with Gasteiger partial charge in [0, 0.05) is 24.2 Å². The Kier molecular flexibility index (Phi) is 3.64. The lowest BCUT2D eigenvalue weighted by molar-refractivity contribution is 0.564. The molecule has 0 aliphatic rings. The van der Waals surface area contributed by atoms with E-state index < -0.39 is 0 Å². The lowest BCUT2D eigenvalue weighted by atomic mass is 10.1. The van der Waals surface area contributed by atoms with Crippen LogP contribution in [0.3, 0.4) is 0 Å². The smallest absolute Gasteiger partial charge is 0.123 e. The minimum Gasteiger partial charge on any atom is -0.304 e. The number of aromatic nitrogens is 1. The zero-order valence-corrected chi connectivity index (χ0v) is 9.80. The highest BCUT2D eigenvalue weighted by molar-refractivity contribution is 7.09. The van der Waals surface area contributed by atoms with Gasteiger partial charge in [0.25, 0.3) is 0 Å². The van der Waals surface area contributed by atoms with Gasteiger partial charge >= 0.3 is 0 Å². The largest absolute Gasteiger partial charge is 0.304 e. The van der Waals surface area contributed by atoms with Crippen LogP contribution in [-0.4, -0.2) is 4.98 Å². The van der Waals surface area contributed by atoms with Crippen LogP contribution in [-0.2, 0) is 6.54 Å². The van der Waals surface area contributed by atoms with Crippen molar-refractivity contribution in [2.24, 2.45) is 0 Å². The molecule has 1 N–H and O–H groups in total. The lowest BCUT2D eigenvalue weighted by Gasteiger charge is -2.13. The van der Waals surface area contributed by atoms with Crippen LogP contribution in [0.1, 0.15) is 23.5 Å². The summed E-state index contributed by atoms with van der Waals surface area (Å²) in [5.41, 5.74) is 0.955. The minimum absolute atomic E-state index is 0.125. The van der Waals surface area contributed by atoms with Crippen LogP contribution >= 0.6 is 11.3 Å². The van der Waals surface area contributed by atoms with Crippen molar-refractivity contribution in [3.63, 3.8) is 0 Å². The lowest BCUT2D eigenvalue weighted by Crippen LogP contribution is -2.17. The first-order valence-corrected chi connectivity index (χ1v) is 6.01. The minimum atomic E-state index is -0.194. The van der Waals surface area contributed by atoms with Gasteiger partial charge < -0.3 is 5.32 Å². The molecule has 0 saturated carbocycles. The first-order valence-electron chi connectivity index (χ1n) is 5.13. The normalized spacial score (nSPS) is 12.6. The van der Waals surface area contributed by atoms with Crippen LogP contribution in [0.5, 0.6) is 0 Å². The molecule has 16 heavy (non-hydrogen) atoms. The monoisotopic (exact) mass is 236 g/mol. The number of nitrogens with zero attached hydrogens (tertiary/aromatic N) is 1. The number of benzene rings is 1. The summed E-state index contributed by atoms with van der Waals surface area (Å²) in [6.45, 7) is 2.73. The second-order valence-corrected chi connectivity index (χ2v) is 4.56. The van der Waals surface area contributed by atoms with E-state index in [2.05, 4.69) is 10.3 Å². The molecule has 0 saturated heterocycles. The Hall–Kier alpha value is -1.26. The van der Waals surface area contributed by atoms with E-state index in [4.69, 9.17) is 0 Å². The summed E-state index contributed by atoms with van der Waals surface area (Å²) in [5.74, 6) is -0.194. The Bertz CT molecular complexity index is 442. The second-order valence-electron chi connectivity index (χ2n) is 3.58. The molecular formula is C12H13FN2S. The third kappa shape index (κ3) is 2.87. The maximum atomic E-state index is 13.0. The van der Waals surface area contributed by atoms with Crippen molar-refractivity contribution < 1.29 is 4.39 Å². The Morgan fingerprint density at radius 2 is 2.38 bits per heavy atom. The molecule has 2 nitrogen and oxygen atoms in total. The molecule has 0 spiro atoms. The molecule has 1 aromatic carbocycles. The van der Waals surface area contributed by atoms with E-state index >= 15 is 0 Å². The first kappa shape index (κ1) is 11.2.